The first kappa shape index (κ1) is 23.1. The predicted molar refractivity (Wildman–Crippen MR) is 116 cm³/mol. The van der Waals surface area contributed by atoms with E-state index in [2.05, 4.69) is 5.32 Å². The van der Waals surface area contributed by atoms with Crippen molar-refractivity contribution in [2.75, 3.05) is 47.0 Å². The maximum absolute atomic E-state index is 13.1. The molecule has 1 unspecified atom stereocenters. The fourth-order valence-corrected chi connectivity index (χ4v) is 4.58. The number of benzene rings is 1. The van der Waals surface area contributed by atoms with Gasteiger partial charge in [-0.05, 0) is 44.7 Å². The van der Waals surface area contributed by atoms with Gasteiger partial charge in [0.15, 0.2) is 0 Å². The smallest absolute Gasteiger partial charge is 0.257 e. The molecule has 2 aliphatic rings. The van der Waals surface area contributed by atoms with Gasteiger partial charge >= 0.3 is 0 Å². The molecular formula is C23H33N3O5. The second-order valence-corrected chi connectivity index (χ2v) is 8.28. The second-order valence-electron chi connectivity index (χ2n) is 8.28. The van der Waals surface area contributed by atoms with Crippen molar-refractivity contribution < 1.29 is 23.9 Å². The summed E-state index contributed by atoms with van der Waals surface area (Å²) >= 11 is 0. The minimum atomic E-state index is -0.570. The Balaban J connectivity index is 1.62. The van der Waals surface area contributed by atoms with Gasteiger partial charge in [0.05, 0.1) is 17.6 Å². The van der Waals surface area contributed by atoms with E-state index in [9.17, 15) is 14.4 Å². The van der Waals surface area contributed by atoms with Crippen molar-refractivity contribution in [3.63, 3.8) is 0 Å². The Kier molecular flexibility index (Phi) is 7.54. The number of likely N-dealkylation sites (N-methyl/N-ethyl adjacent to an activating group) is 1. The molecule has 2 fully saturated rings. The fraction of sp³-hybridized carbons (Fsp3) is 0.609. The number of rotatable bonds is 8. The minimum Gasteiger partial charge on any atom is -0.493 e. The van der Waals surface area contributed by atoms with Gasteiger partial charge in [-0.1, -0.05) is 12.1 Å². The molecule has 8 heteroatoms. The monoisotopic (exact) mass is 431 g/mol. The molecule has 2 aliphatic heterocycles. The van der Waals surface area contributed by atoms with E-state index >= 15 is 0 Å². The van der Waals surface area contributed by atoms with E-state index < -0.39 is 11.5 Å². The molecule has 0 saturated carbocycles. The zero-order valence-electron chi connectivity index (χ0n) is 18.7. The Morgan fingerprint density at radius 3 is 2.61 bits per heavy atom. The second kappa shape index (κ2) is 10.1. The first-order chi connectivity index (χ1) is 14.9. The van der Waals surface area contributed by atoms with E-state index in [4.69, 9.17) is 9.47 Å². The van der Waals surface area contributed by atoms with E-state index in [-0.39, 0.29) is 17.7 Å². The third kappa shape index (κ3) is 4.84. The molecule has 2 heterocycles. The number of hydrogen-bond acceptors (Lipinski definition) is 5. The number of nitrogens with zero attached hydrogens (tertiary/aromatic N) is 2. The molecule has 1 atom stereocenters. The van der Waals surface area contributed by atoms with Gasteiger partial charge in [-0.2, -0.15) is 0 Å². The highest BCUT2D eigenvalue weighted by atomic mass is 16.5. The Morgan fingerprint density at radius 2 is 1.94 bits per heavy atom. The summed E-state index contributed by atoms with van der Waals surface area (Å²) in [4.78, 5) is 42.1. The Morgan fingerprint density at radius 1 is 1.23 bits per heavy atom. The summed E-state index contributed by atoms with van der Waals surface area (Å²) < 4.78 is 10.6. The third-order valence-corrected chi connectivity index (χ3v) is 6.38. The quantitative estimate of drug-likeness (QED) is 0.633. The van der Waals surface area contributed by atoms with E-state index in [0.717, 1.165) is 6.42 Å². The van der Waals surface area contributed by atoms with E-state index in [0.29, 0.717) is 63.4 Å². The number of nitrogens with one attached hydrogen (secondary N) is 1. The van der Waals surface area contributed by atoms with Crippen molar-refractivity contribution in [3.05, 3.63) is 29.8 Å². The highest BCUT2D eigenvalue weighted by Crippen LogP contribution is 2.44. The number of amides is 3. The zero-order chi connectivity index (χ0) is 22.4. The van der Waals surface area contributed by atoms with Crippen LogP contribution in [-0.2, 0) is 14.3 Å². The molecule has 1 N–H and O–H groups in total. The van der Waals surface area contributed by atoms with Crippen LogP contribution in [0.15, 0.2) is 24.3 Å². The van der Waals surface area contributed by atoms with Crippen LogP contribution in [0.5, 0.6) is 5.75 Å². The van der Waals surface area contributed by atoms with Crippen LogP contribution in [0.2, 0.25) is 0 Å². The van der Waals surface area contributed by atoms with Crippen molar-refractivity contribution in [2.24, 2.45) is 5.41 Å². The van der Waals surface area contributed by atoms with Gasteiger partial charge in [0.25, 0.3) is 5.91 Å². The lowest BCUT2D eigenvalue weighted by atomic mass is 9.75. The Bertz CT molecular complexity index is 804. The van der Waals surface area contributed by atoms with Crippen molar-refractivity contribution >= 4 is 17.7 Å². The predicted octanol–water partition coefficient (Wildman–Crippen LogP) is 1.69. The number of ether oxygens (including phenoxy) is 2. The van der Waals surface area contributed by atoms with Crippen LogP contribution < -0.4 is 10.1 Å². The molecule has 3 amide bonds. The molecule has 8 nitrogen and oxygen atoms in total. The first-order valence-corrected chi connectivity index (χ1v) is 11.0. The summed E-state index contributed by atoms with van der Waals surface area (Å²) in [6, 6.07) is 6.78. The number of hydrogen-bond donors (Lipinski definition) is 1. The van der Waals surface area contributed by atoms with E-state index in [1.807, 2.05) is 19.1 Å². The third-order valence-electron chi connectivity index (χ3n) is 6.38. The fourth-order valence-electron chi connectivity index (χ4n) is 4.58. The Hall–Kier alpha value is -2.61. The van der Waals surface area contributed by atoms with E-state index in [1.54, 1.807) is 36.1 Å². The molecule has 1 aromatic rings. The Labute approximate surface area is 183 Å². The number of likely N-dealkylation sites (tertiary alicyclic amines) is 2. The van der Waals surface area contributed by atoms with Crippen LogP contribution in [-0.4, -0.2) is 80.6 Å². The lowest BCUT2D eigenvalue weighted by Gasteiger charge is -2.37. The van der Waals surface area contributed by atoms with E-state index in [1.165, 1.54) is 0 Å². The normalized spacial score (nSPS) is 20.2. The molecule has 170 valence electrons. The topological polar surface area (TPSA) is 88.2 Å². The summed E-state index contributed by atoms with van der Waals surface area (Å²) in [6.07, 6.45) is 2.35. The molecular weight excluding hydrogens is 398 g/mol. The van der Waals surface area contributed by atoms with Crippen molar-refractivity contribution in [1.29, 1.82) is 0 Å². The summed E-state index contributed by atoms with van der Waals surface area (Å²) in [5.74, 6) is 0.390. The molecule has 0 aliphatic carbocycles. The van der Waals surface area contributed by atoms with Crippen molar-refractivity contribution in [1.82, 2.24) is 15.1 Å². The van der Waals surface area contributed by atoms with Gasteiger partial charge in [0.1, 0.15) is 11.8 Å². The van der Waals surface area contributed by atoms with Crippen molar-refractivity contribution in [2.45, 2.75) is 38.6 Å². The molecule has 1 spiro atoms. The lowest BCUT2D eigenvalue weighted by molar-refractivity contribution is -0.139. The zero-order valence-corrected chi connectivity index (χ0v) is 18.7. The van der Waals surface area contributed by atoms with Crippen LogP contribution in [0, 0.1) is 5.41 Å². The van der Waals surface area contributed by atoms with Gasteiger partial charge < -0.3 is 24.6 Å². The molecule has 3 rings (SSSR count). The largest absolute Gasteiger partial charge is 0.493 e. The standard InChI is InChI=1S/C23H33N3O5/c1-4-31-19-9-6-5-8-17(19)21(28)26-13-10-23(11-14-26)16-18(25(2)22(23)29)20(27)24-12-7-15-30-3/h5-6,8-9,18H,4,7,10-16H2,1-3H3,(H,24,27). The first-order valence-electron chi connectivity index (χ1n) is 11.0. The van der Waals surface area contributed by atoms with Crippen LogP contribution in [0.25, 0.3) is 0 Å². The van der Waals surface area contributed by atoms with Crippen LogP contribution in [0.4, 0.5) is 0 Å². The lowest BCUT2D eigenvalue weighted by Crippen LogP contribution is -2.46. The number of methoxy groups -OCH3 is 1. The molecule has 0 radical (unpaired) electrons. The SMILES string of the molecule is CCOc1ccccc1C(=O)N1CCC2(CC1)CC(C(=O)NCCCOC)N(C)C2=O. The van der Waals surface area contributed by atoms with Gasteiger partial charge in [0, 0.05) is 40.4 Å². The summed E-state index contributed by atoms with van der Waals surface area (Å²) in [5, 5.41) is 2.91. The van der Waals surface area contributed by atoms with Crippen LogP contribution in [0.1, 0.15) is 43.0 Å². The highest BCUT2D eigenvalue weighted by Gasteiger charge is 2.53. The molecule has 0 bridgehead atoms. The molecule has 0 aromatic heterocycles. The summed E-state index contributed by atoms with van der Waals surface area (Å²) in [5.41, 5.74) is -0.0250. The van der Waals surface area contributed by atoms with Gasteiger partial charge in [-0.15, -0.1) is 0 Å². The molecule has 2 saturated heterocycles. The summed E-state index contributed by atoms with van der Waals surface area (Å²) in [7, 11) is 3.33. The molecule has 1 aromatic carbocycles. The number of piperidine rings is 1. The van der Waals surface area contributed by atoms with Crippen LogP contribution in [0.3, 0.4) is 0 Å². The number of carbonyl (C=O) groups is 3. The number of para-hydroxylation sites is 1. The summed E-state index contributed by atoms with van der Waals surface area (Å²) in [6.45, 7) is 4.46. The van der Waals surface area contributed by atoms with Gasteiger partial charge in [0.2, 0.25) is 11.8 Å². The maximum Gasteiger partial charge on any atom is 0.257 e. The highest BCUT2D eigenvalue weighted by molar-refractivity contribution is 5.98. The molecule has 31 heavy (non-hydrogen) atoms. The van der Waals surface area contributed by atoms with Crippen LogP contribution >= 0.6 is 0 Å². The van der Waals surface area contributed by atoms with Gasteiger partial charge in [-0.3, -0.25) is 14.4 Å². The maximum atomic E-state index is 13.1. The number of carbonyl (C=O) groups excluding carboxylic acids is 3. The van der Waals surface area contributed by atoms with Crippen molar-refractivity contribution in [3.8, 4) is 5.75 Å². The average Bonchev–Trinajstić information content (AvgIpc) is 3.02. The average molecular weight is 432 g/mol. The van der Waals surface area contributed by atoms with Gasteiger partial charge in [-0.25, -0.2) is 0 Å². The minimum absolute atomic E-state index is 0.00589.